The fourth-order valence-electron chi connectivity index (χ4n) is 3.64. The van der Waals surface area contributed by atoms with Crippen molar-refractivity contribution in [3.8, 4) is 0 Å². The molecule has 3 rings (SSSR count). The van der Waals surface area contributed by atoms with Crippen LogP contribution in [0.1, 0.15) is 41.8 Å². The summed E-state index contributed by atoms with van der Waals surface area (Å²) in [4.78, 5) is 17.1. The first kappa shape index (κ1) is 22.4. The van der Waals surface area contributed by atoms with Crippen molar-refractivity contribution in [3.05, 3.63) is 58.9 Å². The van der Waals surface area contributed by atoms with Gasteiger partial charge in [-0.2, -0.15) is 4.31 Å². The molecule has 0 bridgehead atoms. The van der Waals surface area contributed by atoms with E-state index in [0.29, 0.717) is 37.4 Å². The molecule has 0 amide bonds. The Morgan fingerprint density at radius 3 is 2.50 bits per heavy atom. The maximum Gasteiger partial charge on any atom is 0.309 e. The minimum absolute atomic E-state index is 0.226. The van der Waals surface area contributed by atoms with Gasteiger partial charge in [0.15, 0.2) is 0 Å². The number of pyridine rings is 1. The number of ether oxygens (including phenoxy) is 1. The first-order valence-corrected chi connectivity index (χ1v) is 11.9. The third kappa shape index (κ3) is 5.46. The average molecular weight is 431 g/mol. The highest BCUT2D eigenvalue weighted by Gasteiger charge is 2.32. The molecule has 0 aliphatic carbocycles. The van der Waals surface area contributed by atoms with E-state index in [9.17, 15) is 13.2 Å². The smallest absolute Gasteiger partial charge is 0.309 e. The molecule has 1 aliphatic heterocycles. The Hall–Kier alpha value is -2.25. The fourth-order valence-corrected chi connectivity index (χ4v) is 5.19. The van der Waals surface area contributed by atoms with Crippen LogP contribution in [0.25, 0.3) is 0 Å². The lowest BCUT2D eigenvalue weighted by Gasteiger charge is -2.30. The molecule has 1 aliphatic rings. The van der Waals surface area contributed by atoms with Crippen LogP contribution >= 0.6 is 0 Å². The van der Waals surface area contributed by atoms with Crippen molar-refractivity contribution < 1.29 is 17.9 Å². The Morgan fingerprint density at radius 1 is 1.10 bits per heavy atom. The van der Waals surface area contributed by atoms with Crippen LogP contribution in [-0.4, -0.2) is 43.4 Å². The molecule has 7 heteroatoms. The molecule has 2 heterocycles. The summed E-state index contributed by atoms with van der Waals surface area (Å²) in [7, 11) is -3.53. The zero-order chi connectivity index (χ0) is 21.7. The van der Waals surface area contributed by atoms with Gasteiger partial charge in [0.25, 0.3) is 0 Å². The van der Waals surface area contributed by atoms with Crippen LogP contribution in [0.3, 0.4) is 0 Å². The van der Waals surface area contributed by atoms with E-state index in [1.54, 1.807) is 12.1 Å². The first-order valence-electron chi connectivity index (χ1n) is 10.4. The number of esters is 1. The normalized spacial score (nSPS) is 15.8. The van der Waals surface area contributed by atoms with E-state index in [0.717, 1.165) is 35.4 Å². The Morgan fingerprint density at radius 2 is 1.83 bits per heavy atom. The Labute approximate surface area is 179 Å². The molecule has 30 heavy (non-hydrogen) atoms. The molecule has 0 unspecified atom stereocenters. The summed E-state index contributed by atoms with van der Waals surface area (Å²) in [6.45, 7) is 6.85. The van der Waals surface area contributed by atoms with Crippen LogP contribution in [0.5, 0.6) is 0 Å². The SMILES string of the molecule is Cc1cccc(CCCOC(=O)C2CCN(S(=O)(=O)c3ccc(C)c(C)c3)CC2)n1. The van der Waals surface area contributed by atoms with Crippen molar-refractivity contribution in [2.24, 2.45) is 5.92 Å². The topological polar surface area (TPSA) is 76.6 Å². The van der Waals surface area contributed by atoms with Gasteiger partial charge in [-0.05, 0) is 81.8 Å². The predicted molar refractivity (Wildman–Crippen MR) is 116 cm³/mol. The van der Waals surface area contributed by atoms with Gasteiger partial charge >= 0.3 is 5.97 Å². The zero-order valence-electron chi connectivity index (χ0n) is 17.9. The van der Waals surface area contributed by atoms with Crippen LogP contribution in [0, 0.1) is 26.7 Å². The van der Waals surface area contributed by atoms with E-state index in [2.05, 4.69) is 4.98 Å². The molecule has 0 N–H and O–H groups in total. The van der Waals surface area contributed by atoms with E-state index in [-0.39, 0.29) is 11.9 Å². The van der Waals surface area contributed by atoms with Gasteiger partial charge in [-0.1, -0.05) is 12.1 Å². The third-order valence-corrected chi connectivity index (χ3v) is 7.57. The van der Waals surface area contributed by atoms with Crippen molar-refractivity contribution in [2.75, 3.05) is 19.7 Å². The van der Waals surface area contributed by atoms with Crippen molar-refractivity contribution >= 4 is 16.0 Å². The number of aromatic nitrogens is 1. The number of aryl methyl sites for hydroxylation is 4. The monoisotopic (exact) mass is 430 g/mol. The van der Waals surface area contributed by atoms with Gasteiger partial charge in [0.05, 0.1) is 17.4 Å². The minimum Gasteiger partial charge on any atom is -0.465 e. The molecule has 0 saturated carbocycles. The standard InChI is InChI=1S/C23H30N2O4S/c1-17-9-10-22(16-18(17)2)30(27,28)25-13-11-20(12-14-25)23(26)29-15-5-8-21-7-4-6-19(3)24-21/h4,6-7,9-10,16,20H,5,8,11-15H2,1-3H3. The molecule has 1 aromatic heterocycles. The summed E-state index contributed by atoms with van der Waals surface area (Å²) in [5.74, 6) is -0.469. The molecule has 6 nitrogen and oxygen atoms in total. The maximum atomic E-state index is 12.9. The number of hydrogen-bond acceptors (Lipinski definition) is 5. The number of nitrogens with zero attached hydrogens (tertiary/aromatic N) is 2. The highest BCUT2D eigenvalue weighted by Crippen LogP contribution is 2.25. The molecule has 162 valence electrons. The fraction of sp³-hybridized carbons (Fsp3) is 0.478. The number of rotatable bonds is 7. The number of carbonyl (C=O) groups excluding carboxylic acids is 1. The van der Waals surface area contributed by atoms with Crippen LogP contribution in [0.4, 0.5) is 0 Å². The third-order valence-electron chi connectivity index (χ3n) is 5.67. The van der Waals surface area contributed by atoms with Gasteiger partial charge < -0.3 is 4.74 Å². The van der Waals surface area contributed by atoms with Crippen LogP contribution < -0.4 is 0 Å². The number of sulfonamides is 1. The quantitative estimate of drug-likeness (QED) is 0.496. The van der Waals surface area contributed by atoms with Crippen LogP contribution in [0.2, 0.25) is 0 Å². The second-order valence-electron chi connectivity index (χ2n) is 7.97. The van der Waals surface area contributed by atoms with E-state index >= 15 is 0 Å². The lowest BCUT2D eigenvalue weighted by Crippen LogP contribution is -2.40. The molecule has 1 saturated heterocycles. The molecule has 0 spiro atoms. The summed E-state index contributed by atoms with van der Waals surface area (Å²) in [6, 6.07) is 11.1. The van der Waals surface area contributed by atoms with Gasteiger partial charge in [-0.15, -0.1) is 0 Å². The van der Waals surface area contributed by atoms with Crippen molar-refractivity contribution in [2.45, 2.75) is 51.3 Å². The lowest BCUT2D eigenvalue weighted by molar-refractivity contribution is -0.149. The molecular formula is C23H30N2O4S. The second-order valence-corrected chi connectivity index (χ2v) is 9.90. The average Bonchev–Trinajstić information content (AvgIpc) is 2.73. The summed E-state index contributed by atoms with van der Waals surface area (Å²) in [6.07, 6.45) is 2.47. The Balaban J connectivity index is 1.46. The van der Waals surface area contributed by atoms with Gasteiger partial charge in [0.2, 0.25) is 10.0 Å². The minimum atomic E-state index is -3.53. The lowest BCUT2D eigenvalue weighted by atomic mass is 9.98. The van der Waals surface area contributed by atoms with E-state index in [1.165, 1.54) is 4.31 Å². The zero-order valence-corrected chi connectivity index (χ0v) is 18.7. The molecular weight excluding hydrogens is 400 g/mol. The molecule has 1 aromatic carbocycles. The number of benzene rings is 1. The summed E-state index contributed by atoms with van der Waals surface area (Å²) in [5, 5.41) is 0. The maximum absolute atomic E-state index is 12.9. The Bertz CT molecular complexity index is 996. The molecule has 1 fully saturated rings. The van der Waals surface area contributed by atoms with Gasteiger partial charge in [-0.25, -0.2) is 8.42 Å². The van der Waals surface area contributed by atoms with Crippen molar-refractivity contribution in [3.63, 3.8) is 0 Å². The van der Waals surface area contributed by atoms with Crippen LogP contribution in [-0.2, 0) is 26.0 Å². The Kier molecular flexibility index (Phi) is 7.26. The van der Waals surface area contributed by atoms with E-state index in [1.807, 2.05) is 45.0 Å². The number of hydrogen-bond donors (Lipinski definition) is 0. The van der Waals surface area contributed by atoms with Gasteiger partial charge in [0.1, 0.15) is 0 Å². The van der Waals surface area contributed by atoms with Gasteiger partial charge in [-0.3, -0.25) is 9.78 Å². The first-order chi connectivity index (χ1) is 14.3. The van der Waals surface area contributed by atoms with Crippen LogP contribution in [0.15, 0.2) is 41.3 Å². The molecule has 0 radical (unpaired) electrons. The summed E-state index contributed by atoms with van der Waals surface area (Å²) < 4.78 is 32.7. The second kappa shape index (κ2) is 9.71. The van der Waals surface area contributed by atoms with E-state index < -0.39 is 10.0 Å². The molecule has 0 atom stereocenters. The highest BCUT2D eigenvalue weighted by molar-refractivity contribution is 7.89. The summed E-state index contributed by atoms with van der Waals surface area (Å²) >= 11 is 0. The van der Waals surface area contributed by atoms with Crippen molar-refractivity contribution in [1.82, 2.24) is 9.29 Å². The molecule has 2 aromatic rings. The van der Waals surface area contributed by atoms with Gasteiger partial charge in [0, 0.05) is 24.5 Å². The predicted octanol–water partition coefficient (Wildman–Crippen LogP) is 3.58. The van der Waals surface area contributed by atoms with E-state index in [4.69, 9.17) is 4.74 Å². The largest absolute Gasteiger partial charge is 0.465 e. The number of carbonyl (C=O) groups is 1. The highest BCUT2D eigenvalue weighted by atomic mass is 32.2. The van der Waals surface area contributed by atoms with Crippen molar-refractivity contribution in [1.29, 1.82) is 0 Å². The number of piperidine rings is 1. The summed E-state index contributed by atoms with van der Waals surface area (Å²) in [5.41, 5.74) is 3.99.